The van der Waals surface area contributed by atoms with E-state index in [2.05, 4.69) is 10.4 Å². The number of amides is 2. The Hall–Kier alpha value is -2.70. The lowest BCUT2D eigenvalue weighted by atomic mass is 10.1. The van der Waals surface area contributed by atoms with Crippen molar-refractivity contribution < 1.29 is 14.7 Å². The lowest BCUT2D eigenvalue weighted by Gasteiger charge is -2.21. The third kappa shape index (κ3) is 1.93. The summed E-state index contributed by atoms with van der Waals surface area (Å²) in [5.41, 5.74) is -0.419. The molecule has 2 N–H and O–H groups in total. The van der Waals surface area contributed by atoms with E-state index < -0.39 is 17.5 Å². The van der Waals surface area contributed by atoms with Crippen molar-refractivity contribution in [2.24, 2.45) is 0 Å². The maximum atomic E-state index is 12.3. The number of phenols is 1. The van der Waals surface area contributed by atoms with Gasteiger partial charge < -0.3 is 5.11 Å². The molecule has 7 heteroatoms. The number of aromatic nitrogens is 2. The number of piperidine rings is 1. The van der Waals surface area contributed by atoms with Gasteiger partial charge in [0.15, 0.2) is 0 Å². The number of imide groups is 1. The number of benzene rings is 1. The Morgan fingerprint density at radius 3 is 2.85 bits per heavy atom. The monoisotopic (exact) mass is 273 g/mol. The van der Waals surface area contributed by atoms with Crippen molar-refractivity contribution in [3.05, 3.63) is 34.7 Å². The summed E-state index contributed by atoms with van der Waals surface area (Å²) < 4.78 is 1.08. The first-order valence-electron chi connectivity index (χ1n) is 6.10. The van der Waals surface area contributed by atoms with Gasteiger partial charge >= 0.3 is 0 Å². The first-order chi connectivity index (χ1) is 9.56. The summed E-state index contributed by atoms with van der Waals surface area (Å²) in [6.07, 6.45) is 1.85. The molecule has 1 saturated heterocycles. The molecule has 0 spiro atoms. The molecule has 0 aliphatic carbocycles. The van der Waals surface area contributed by atoms with E-state index in [4.69, 9.17) is 0 Å². The Morgan fingerprint density at radius 2 is 2.10 bits per heavy atom. The molecular weight excluding hydrogens is 262 g/mol. The van der Waals surface area contributed by atoms with Gasteiger partial charge in [0.25, 0.3) is 11.5 Å². The third-order valence-electron chi connectivity index (χ3n) is 3.30. The van der Waals surface area contributed by atoms with Gasteiger partial charge in [-0.2, -0.15) is 5.10 Å². The minimum atomic E-state index is -0.779. The van der Waals surface area contributed by atoms with Crippen molar-refractivity contribution in [3.63, 3.8) is 0 Å². The molecule has 2 heterocycles. The number of phenolic OH excluding ortho intramolecular Hbond substituents is 1. The second kappa shape index (κ2) is 4.44. The first-order valence-corrected chi connectivity index (χ1v) is 6.10. The van der Waals surface area contributed by atoms with Crippen LogP contribution < -0.4 is 10.9 Å². The molecule has 0 bridgehead atoms. The van der Waals surface area contributed by atoms with E-state index >= 15 is 0 Å². The second-order valence-corrected chi connectivity index (χ2v) is 4.63. The van der Waals surface area contributed by atoms with Crippen molar-refractivity contribution in [3.8, 4) is 5.75 Å². The van der Waals surface area contributed by atoms with Crippen LogP contribution in [0, 0.1) is 0 Å². The smallest absolute Gasteiger partial charge is 0.275 e. The number of hydrogen-bond donors (Lipinski definition) is 2. The fourth-order valence-electron chi connectivity index (χ4n) is 2.29. The van der Waals surface area contributed by atoms with Crippen molar-refractivity contribution in [2.45, 2.75) is 18.9 Å². The molecule has 1 aliphatic heterocycles. The summed E-state index contributed by atoms with van der Waals surface area (Å²) in [5.74, 6) is -0.823. The maximum Gasteiger partial charge on any atom is 0.275 e. The highest BCUT2D eigenvalue weighted by Crippen LogP contribution is 2.19. The number of nitrogens with zero attached hydrogens (tertiary/aromatic N) is 2. The zero-order chi connectivity index (χ0) is 14.3. The summed E-state index contributed by atoms with van der Waals surface area (Å²) in [7, 11) is 0. The van der Waals surface area contributed by atoms with Crippen LogP contribution in [-0.4, -0.2) is 26.7 Å². The molecule has 0 saturated carbocycles. The average Bonchev–Trinajstić information content (AvgIpc) is 2.40. The summed E-state index contributed by atoms with van der Waals surface area (Å²) in [5, 5.41) is 16.4. The average molecular weight is 273 g/mol. The van der Waals surface area contributed by atoms with Gasteiger partial charge in [-0.25, -0.2) is 4.68 Å². The molecule has 1 aromatic carbocycles. The Morgan fingerprint density at radius 1 is 1.30 bits per heavy atom. The van der Waals surface area contributed by atoms with Crippen molar-refractivity contribution >= 4 is 22.6 Å². The van der Waals surface area contributed by atoms with Crippen LogP contribution in [0.4, 0.5) is 0 Å². The molecule has 3 rings (SSSR count). The van der Waals surface area contributed by atoms with Gasteiger partial charge in [0.05, 0.1) is 11.6 Å². The maximum absolute atomic E-state index is 12.3. The van der Waals surface area contributed by atoms with Crippen molar-refractivity contribution in [1.29, 1.82) is 0 Å². The molecule has 20 heavy (non-hydrogen) atoms. The van der Waals surface area contributed by atoms with Gasteiger partial charge in [0.1, 0.15) is 11.8 Å². The van der Waals surface area contributed by atoms with Crippen LogP contribution in [0.1, 0.15) is 18.9 Å². The first kappa shape index (κ1) is 12.3. The Labute approximate surface area is 112 Å². The van der Waals surface area contributed by atoms with Gasteiger partial charge in [0, 0.05) is 11.8 Å². The van der Waals surface area contributed by atoms with E-state index in [1.807, 2.05) is 0 Å². The highest BCUT2D eigenvalue weighted by Gasteiger charge is 2.29. The molecule has 102 valence electrons. The summed E-state index contributed by atoms with van der Waals surface area (Å²) in [6, 6.07) is 3.53. The quantitative estimate of drug-likeness (QED) is 0.716. The predicted octanol–water partition coefficient (Wildman–Crippen LogP) is 0.0798. The number of carbonyl (C=O) groups excluding carboxylic acids is 2. The zero-order valence-electron chi connectivity index (χ0n) is 10.4. The second-order valence-electron chi connectivity index (χ2n) is 4.63. The van der Waals surface area contributed by atoms with E-state index in [1.54, 1.807) is 0 Å². The highest BCUT2D eigenvalue weighted by atomic mass is 16.3. The van der Waals surface area contributed by atoms with E-state index in [0.717, 1.165) is 4.68 Å². The summed E-state index contributed by atoms with van der Waals surface area (Å²) in [4.78, 5) is 35.2. The number of hydrogen-bond acceptors (Lipinski definition) is 5. The van der Waals surface area contributed by atoms with Crippen LogP contribution in [-0.2, 0) is 9.59 Å². The van der Waals surface area contributed by atoms with Gasteiger partial charge in [0.2, 0.25) is 5.91 Å². The standard InChI is InChI=1S/C13H11N3O4/c17-8-1-2-9-7(5-8)6-14-16(13(9)20)10-3-4-11(18)15-12(10)19/h1-2,5-6,10,17H,3-4H2,(H,15,18,19). The van der Waals surface area contributed by atoms with Crippen molar-refractivity contribution in [1.82, 2.24) is 15.1 Å². The fraction of sp³-hybridized carbons (Fsp3) is 0.231. The molecule has 1 atom stereocenters. The molecule has 2 aromatic rings. The van der Waals surface area contributed by atoms with Crippen LogP contribution in [0.2, 0.25) is 0 Å². The van der Waals surface area contributed by atoms with Crippen LogP contribution in [0.5, 0.6) is 5.75 Å². The van der Waals surface area contributed by atoms with Gasteiger partial charge in [-0.15, -0.1) is 0 Å². The van der Waals surface area contributed by atoms with Gasteiger partial charge in [-0.05, 0) is 24.6 Å². The van der Waals surface area contributed by atoms with E-state index in [-0.39, 0.29) is 24.5 Å². The molecule has 1 fully saturated rings. The number of carbonyl (C=O) groups is 2. The van der Waals surface area contributed by atoms with Crippen molar-refractivity contribution in [2.75, 3.05) is 0 Å². The number of nitrogens with one attached hydrogen (secondary N) is 1. The number of fused-ring (bicyclic) bond motifs is 1. The summed E-state index contributed by atoms with van der Waals surface area (Å²) in [6.45, 7) is 0. The van der Waals surface area contributed by atoms with Crippen LogP contribution in [0.15, 0.2) is 29.2 Å². The lowest BCUT2D eigenvalue weighted by Crippen LogP contribution is -2.45. The van der Waals surface area contributed by atoms with Crippen LogP contribution in [0.25, 0.3) is 10.8 Å². The predicted molar refractivity (Wildman–Crippen MR) is 69.1 cm³/mol. The van der Waals surface area contributed by atoms with Crippen LogP contribution >= 0.6 is 0 Å². The topological polar surface area (TPSA) is 101 Å². The zero-order valence-corrected chi connectivity index (χ0v) is 10.4. The molecule has 2 amide bonds. The lowest BCUT2D eigenvalue weighted by molar-refractivity contribution is -0.136. The Balaban J connectivity index is 2.11. The highest BCUT2D eigenvalue weighted by molar-refractivity contribution is 5.99. The Kier molecular flexibility index (Phi) is 2.74. The normalized spacial score (nSPS) is 19.1. The Bertz CT molecular complexity index is 781. The minimum Gasteiger partial charge on any atom is -0.508 e. The molecule has 1 aromatic heterocycles. The molecule has 0 radical (unpaired) electrons. The van der Waals surface area contributed by atoms with E-state index in [9.17, 15) is 19.5 Å². The SMILES string of the molecule is O=C1CCC(n2ncc3cc(O)ccc3c2=O)C(=O)N1. The van der Waals surface area contributed by atoms with E-state index in [0.29, 0.717) is 10.8 Å². The molecule has 7 nitrogen and oxygen atoms in total. The number of aromatic hydroxyl groups is 1. The van der Waals surface area contributed by atoms with Gasteiger partial charge in [-0.3, -0.25) is 19.7 Å². The van der Waals surface area contributed by atoms with Crippen LogP contribution in [0.3, 0.4) is 0 Å². The minimum absolute atomic E-state index is 0.0393. The van der Waals surface area contributed by atoms with Gasteiger partial charge in [-0.1, -0.05) is 0 Å². The largest absolute Gasteiger partial charge is 0.508 e. The molecule has 1 unspecified atom stereocenters. The van der Waals surface area contributed by atoms with E-state index in [1.165, 1.54) is 24.4 Å². The third-order valence-corrected chi connectivity index (χ3v) is 3.30. The fourth-order valence-corrected chi connectivity index (χ4v) is 2.29. The summed E-state index contributed by atoms with van der Waals surface area (Å²) >= 11 is 0. The molecular formula is C13H11N3O4. The molecule has 1 aliphatic rings. The number of rotatable bonds is 1.